The van der Waals surface area contributed by atoms with E-state index in [1.807, 2.05) is 24.1 Å². The summed E-state index contributed by atoms with van der Waals surface area (Å²) in [5.41, 5.74) is 3.11. The van der Waals surface area contributed by atoms with E-state index in [2.05, 4.69) is 10.4 Å². The van der Waals surface area contributed by atoms with Gasteiger partial charge in [0.1, 0.15) is 5.75 Å². The third-order valence-corrected chi connectivity index (χ3v) is 5.72. The van der Waals surface area contributed by atoms with E-state index in [-0.39, 0.29) is 11.9 Å². The summed E-state index contributed by atoms with van der Waals surface area (Å²) in [5, 5.41) is 7.44. The Hall–Kier alpha value is -3.03. The highest BCUT2D eigenvalue weighted by Gasteiger charge is 2.31. The first-order chi connectivity index (χ1) is 14.1. The Labute approximate surface area is 170 Å². The standard InChI is InChI=1S/C21H27N5O3/c1-24-18-10-13-26(21(28)22-15-6-8-16(29-2)9-7-15)14-17(18)19(23-24)20(27)25-11-4-3-5-12-25/h6-9H,3-5,10-14H2,1-2H3,(H,22,28). The number of nitrogens with zero attached hydrogens (tertiary/aromatic N) is 4. The van der Waals surface area contributed by atoms with Gasteiger partial charge in [-0.05, 0) is 43.5 Å². The third kappa shape index (κ3) is 3.92. The Morgan fingerprint density at radius 2 is 1.76 bits per heavy atom. The zero-order valence-corrected chi connectivity index (χ0v) is 17.0. The van der Waals surface area contributed by atoms with Gasteiger partial charge in [0.2, 0.25) is 0 Å². The minimum absolute atomic E-state index is 0.0148. The molecule has 4 rings (SSSR count). The second kappa shape index (κ2) is 8.14. The molecule has 1 aromatic carbocycles. The summed E-state index contributed by atoms with van der Waals surface area (Å²) in [4.78, 5) is 29.4. The largest absolute Gasteiger partial charge is 0.497 e. The van der Waals surface area contributed by atoms with Crippen LogP contribution in [-0.2, 0) is 20.0 Å². The number of aryl methyl sites for hydroxylation is 1. The number of urea groups is 1. The van der Waals surface area contributed by atoms with E-state index in [0.29, 0.717) is 30.9 Å². The van der Waals surface area contributed by atoms with Crippen LogP contribution in [0.15, 0.2) is 24.3 Å². The smallest absolute Gasteiger partial charge is 0.322 e. The van der Waals surface area contributed by atoms with E-state index in [4.69, 9.17) is 4.74 Å². The second-order valence-corrected chi connectivity index (χ2v) is 7.58. The molecule has 8 nitrogen and oxygen atoms in total. The number of methoxy groups -OCH3 is 1. The number of carbonyl (C=O) groups excluding carboxylic acids is 2. The number of aromatic nitrogens is 2. The van der Waals surface area contributed by atoms with Crippen molar-refractivity contribution in [2.45, 2.75) is 32.2 Å². The molecular formula is C21H27N5O3. The Kier molecular flexibility index (Phi) is 5.42. The molecule has 1 aromatic heterocycles. The zero-order valence-electron chi connectivity index (χ0n) is 17.0. The molecule has 0 aliphatic carbocycles. The number of ether oxygens (including phenoxy) is 1. The highest BCUT2D eigenvalue weighted by atomic mass is 16.5. The molecule has 0 atom stereocenters. The van der Waals surface area contributed by atoms with Crippen LogP contribution in [0.3, 0.4) is 0 Å². The molecule has 0 unspecified atom stereocenters. The molecule has 0 spiro atoms. The Bertz CT molecular complexity index is 900. The van der Waals surface area contributed by atoms with Crippen LogP contribution >= 0.6 is 0 Å². The summed E-state index contributed by atoms with van der Waals surface area (Å²) in [6.45, 7) is 2.55. The molecule has 2 aliphatic rings. The number of fused-ring (bicyclic) bond motifs is 1. The Balaban J connectivity index is 1.49. The summed E-state index contributed by atoms with van der Waals surface area (Å²) >= 11 is 0. The van der Waals surface area contributed by atoms with Gasteiger partial charge in [0.25, 0.3) is 5.91 Å². The lowest BCUT2D eigenvalue weighted by atomic mass is 10.0. The highest BCUT2D eigenvalue weighted by Crippen LogP contribution is 2.25. The van der Waals surface area contributed by atoms with Crippen molar-refractivity contribution in [1.29, 1.82) is 0 Å². The van der Waals surface area contributed by atoms with E-state index in [1.165, 1.54) is 6.42 Å². The lowest BCUT2D eigenvalue weighted by Gasteiger charge is -2.29. The predicted octanol–water partition coefficient (Wildman–Crippen LogP) is 2.65. The van der Waals surface area contributed by atoms with Gasteiger partial charge in [-0.1, -0.05) is 0 Å². The van der Waals surface area contributed by atoms with Crippen molar-refractivity contribution >= 4 is 17.6 Å². The van der Waals surface area contributed by atoms with E-state index < -0.39 is 0 Å². The van der Waals surface area contributed by atoms with E-state index >= 15 is 0 Å². The van der Waals surface area contributed by atoms with Gasteiger partial charge < -0.3 is 19.9 Å². The van der Waals surface area contributed by atoms with Gasteiger partial charge >= 0.3 is 6.03 Å². The molecule has 1 fully saturated rings. The molecule has 8 heteroatoms. The molecule has 2 aromatic rings. The fourth-order valence-electron chi connectivity index (χ4n) is 4.06. The van der Waals surface area contributed by atoms with Gasteiger partial charge in [0.05, 0.1) is 13.7 Å². The molecule has 3 heterocycles. The summed E-state index contributed by atoms with van der Waals surface area (Å²) < 4.78 is 6.95. The van der Waals surface area contributed by atoms with Crippen molar-refractivity contribution in [3.05, 3.63) is 41.2 Å². The maximum Gasteiger partial charge on any atom is 0.322 e. The number of anilines is 1. The number of nitrogens with one attached hydrogen (secondary N) is 1. The second-order valence-electron chi connectivity index (χ2n) is 7.58. The van der Waals surface area contributed by atoms with Crippen LogP contribution < -0.4 is 10.1 Å². The van der Waals surface area contributed by atoms with Gasteiger partial charge in [-0.3, -0.25) is 9.48 Å². The number of benzene rings is 1. The van der Waals surface area contributed by atoms with Crippen LogP contribution in [0, 0.1) is 0 Å². The maximum absolute atomic E-state index is 13.0. The number of likely N-dealkylation sites (tertiary alicyclic amines) is 1. The van der Waals surface area contributed by atoms with Crippen LogP contribution in [0.1, 0.15) is 41.0 Å². The van der Waals surface area contributed by atoms with Crippen molar-refractivity contribution in [2.75, 3.05) is 32.1 Å². The average molecular weight is 397 g/mol. The van der Waals surface area contributed by atoms with Gasteiger partial charge in [-0.2, -0.15) is 5.10 Å². The van der Waals surface area contributed by atoms with Gasteiger partial charge in [-0.15, -0.1) is 0 Å². The molecule has 3 amide bonds. The topological polar surface area (TPSA) is 79.7 Å². The molecule has 1 N–H and O–H groups in total. The lowest BCUT2D eigenvalue weighted by Crippen LogP contribution is -2.40. The minimum atomic E-state index is -0.180. The van der Waals surface area contributed by atoms with Crippen molar-refractivity contribution < 1.29 is 14.3 Å². The highest BCUT2D eigenvalue weighted by molar-refractivity contribution is 5.95. The van der Waals surface area contributed by atoms with Crippen molar-refractivity contribution in [2.24, 2.45) is 7.05 Å². The number of amides is 3. The molecule has 154 valence electrons. The minimum Gasteiger partial charge on any atom is -0.497 e. The van der Waals surface area contributed by atoms with Crippen LogP contribution in [0.4, 0.5) is 10.5 Å². The SMILES string of the molecule is COc1ccc(NC(=O)N2CCc3c(c(C(=O)N4CCCCC4)nn3C)C2)cc1. The summed E-state index contributed by atoms with van der Waals surface area (Å²) in [6, 6.07) is 7.05. The first-order valence-electron chi connectivity index (χ1n) is 10.1. The van der Waals surface area contributed by atoms with E-state index in [0.717, 1.165) is 42.9 Å². The maximum atomic E-state index is 13.0. The third-order valence-electron chi connectivity index (χ3n) is 5.72. The number of hydrogen-bond donors (Lipinski definition) is 1. The van der Waals surface area contributed by atoms with Crippen LogP contribution in [0.25, 0.3) is 0 Å². The Morgan fingerprint density at radius 3 is 2.45 bits per heavy atom. The summed E-state index contributed by atoms with van der Waals surface area (Å²) in [7, 11) is 3.48. The van der Waals surface area contributed by atoms with Crippen molar-refractivity contribution in [3.63, 3.8) is 0 Å². The monoisotopic (exact) mass is 397 g/mol. The predicted molar refractivity (Wildman–Crippen MR) is 109 cm³/mol. The fraction of sp³-hybridized carbons (Fsp3) is 0.476. The van der Waals surface area contributed by atoms with E-state index in [1.54, 1.807) is 28.8 Å². The van der Waals surface area contributed by atoms with Gasteiger partial charge in [-0.25, -0.2) is 4.79 Å². The number of hydrogen-bond acceptors (Lipinski definition) is 4. The van der Waals surface area contributed by atoms with Crippen LogP contribution in [-0.4, -0.2) is 58.3 Å². The van der Waals surface area contributed by atoms with Crippen molar-refractivity contribution in [3.8, 4) is 5.75 Å². The molecule has 29 heavy (non-hydrogen) atoms. The first kappa shape index (κ1) is 19.3. The number of piperidine rings is 1. The van der Waals surface area contributed by atoms with Crippen LogP contribution in [0.5, 0.6) is 5.75 Å². The normalized spacial score (nSPS) is 16.3. The van der Waals surface area contributed by atoms with Gasteiger partial charge in [0, 0.05) is 50.0 Å². The molecule has 0 saturated carbocycles. The first-order valence-corrected chi connectivity index (χ1v) is 10.1. The molecule has 0 radical (unpaired) electrons. The molecule has 0 bridgehead atoms. The van der Waals surface area contributed by atoms with Crippen molar-refractivity contribution in [1.82, 2.24) is 19.6 Å². The number of carbonyl (C=O) groups is 2. The molecule has 2 aliphatic heterocycles. The van der Waals surface area contributed by atoms with Crippen LogP contribution in [0.2, 0.25) is 0 Å². The quantitative estimate of drug-likeness (QED) is 0.864. The lowest BCUT2D eigenvalue weighted by molar-refractivity contribution is 0.0715. The fourth-order valence-corrected chi connectivity index (χ4v) is 4.06. The van der Waals surface area contributed by atoms with Gasteiger partial charge in [0.15, 0.2) is 5.69 Å². The van der Waals surface area contributed by atoms with E-state index in [9.17, 15) is 9.59 Å². The summed E-state index contributed by atoms with van der Waals surface area (Å²) in [6.07, 6.45) is 3.93. The molecule has 1 saturated heterocycles. The number of rotatable bonds is 3. The molecular weight excluding hydrogens is 370 g/mol. The summed E-state index contributed by atoms with van der Waals surface area (Å²) in [5.74, 6) is 0.723. The Morgan fingerprint density at radius 1 is 1.03 bits per heavy atom. The zero-order chi connectivity index (χ0) is 20.4. The average Bonchev–Trinajstić information content (AvgIpc) is 3.10.